The molecule has 0 aliphatic carbocycles. The smallest absolute Gasteiger partial charge is 0.410 e. The third-order valence-electron chi connectivity index (χ3n) is 2.85. The van der Waals surface area contributed by atoms with Gasteiger partial charge in [0.15, 0.2) is 0 Å². The van der Waals surface area contributed by atoms with E-state index in [-0.39, 0.29) is 23.5 Å². The molecule has 102 valence electrons. The topological polar surface area (TPSA) is 79.7 Å². The quantitative estimate of drug-likeness (QED) is 0.854. The lowest BCUT2D eigenvalue weighted by Crippen LogP contribution is -2.29. The molecular weight excluding hydrogens is 268 g/mol. The Morgan fingerprint density at radius 2 is 2.47 bits per heavy atom. The molecule has 0 aromatic carbocycles. The van der Waals surface area contributed by atoms with Crippen LogP contribution >= 0.6 is 11.3 Å². The molecule has 1 aromatic heterocycles. The molecule has 0 bridgehead atoms. The van der Waals surface area contributed by atoms with Crippen molar-refractivity contribution in [3.63, 3.8) is 0 Å². The van der Waals surface area contributed by atoms with Crippen molar-refractivity contribution in [1.82, 2.24) is 9.88 Å². The number of hydrogen-bond acceptors (Lipinski definition) is 5. The van der Waals surface area contributed by atoms with Crippen LogP contribution in [0.15, 0.2) is 18.9 Å². The predicted octanol–water partition coefficient (Wildman–Crippen LogP) is 1.95. The van der Waals surface area contributed by atoms with Gasteiger partial charge in [0.2, 0.25) is 0 Å². The van der Waals surface area contributed by atoms with E-state index < -0.39 is 5.97 Å². The van der Waals surface area contributed by atoms with Crippen molar-refractivity contribution >= 4 is 23.4 Å². The molecule has 0 saturated carbocycles. The summed E-state index contributed by atoms with van der Waals surface area (Å²) in [5.41, 5.74) is 0. The zero-order chi connectivity index (χ0) is 13.8. The van der Waals surface area contributed by atoms with E-state index in [4.69, 9.17) is 9.84 Å². The van der Waals surface area contributed by atoms with Crippen molar-refractivity contribution in [3.05, 3.63) is 28.7 Å². The summed E-state index contributed by atoms with van der Waals surface area (Å²) in [6, 6.07) is 0. The van der Waals surface area contributed by atoms with Gasteiger partial charge >= 0.3 is 12.1 Å². The Morgan fingerprint density at radius 3 is 3.11 bits per heavy atom. The average molecular weight is 282 g/mol. The highest BCUT2D eigenvalue weighted by Gasteiger charge is 2.30. The highest BCUT2D eigenvalue weighted by molar-refractivity contribution is 7.13. The lowest BCUT2D eigenvalue weighted by molar-refractivity contribution is 0.0701. The largest absolute Gasteiger partial charge is 0.477 e. The number of likely N-dealkylation sites (tertiary alicyclic amines) is 1. The highest BCUT2D eigenvalue weighted by Crippen LogP contribution is 2.30. The Labute approximate surface area is 114 Å². The normalized spacial score (nSPS) is 18.3. The Kier molecular flexibility index (Phi) is 4.16. The molecule has 1 amide bonds. The third kappa shape index (κ3) is 3.11. The second-order valence-corrected chi connectivity index (χ2v) is 5.23. The van der Waals surface area contributed by atoms with Gasteiger partial charge in [0.1, 0.15) is 11.5 Å². The van der Waals surface area contributed by atoms with E-state index in [9.17, 15) is 9.59 Å². The summed E-state index contributed by atoms with van der Waals surface area (Å²) >= 11 is 1.16. The highest BCUT2D eigenvalue weighted by atomic mass is 32.1. The zero-order valence-corrected chi connectivity index (χ0v) is 11.1. The Balaban J connectivity index is 1.95. The molecule has 1 fully saturated rings. The molecular formula is C12H14N2O4S. The van der Waals surface area contributed by atoms with E-state index in [1.54, 1.807) is 4.90 Å². The Morgan fingerprint density at radius 1 is 1.68 bits per heavy atom. The first kappa shape index (κ1) is 13.5. The van der Waals surface area contributed by atoms with E-state index in [2.05, 4.69) is 11.6 Å². The molecule has 1 saturated heterocycles. The van der Waals surface area contributed by atoms with Gasteiger partial charge in [-0.1, -0.05) is 12.7 Å². The van der Waals surface area contributed by atoms with Gasteiger partial charge in [-0.05, 0) is 6.42 Å². The number of amides is 1. The van der Waals surface area contributed by atoms with E-state index in [1.807, 2.05) is 0 Å². The van der Waals surface area contributed by atoms with Gasteiger partial charge in [0.25, 0.3) is 0 Å². The van der Waals surface area contributed by atoms with Gasteiger partial charge in [0.05, 0.1) is 11.2 Å². The zero-order valence-electron chi connectivity index (χ0n) is 10.2. The summed E-state index contributed by atoms with van der Waals surface area (Å²) in [4.78, 5) is 28.4. The van der Waals surface area contributed by atoms with Crippen LogP contribution in [-0.2, 0) is 4.74 Å². The molecule has 1 atom stereocenters. The number of carbonyl (C=O) groups is 2. The summed E-state index contributed by atoms with van der Waals surface area (Å²) in [6.07, 6.45) is 3.29. The Hall–Kier alpha value is -1.89. The van der Waals surface area contributed by atoms with Crippen LogP contribution in [0.25, 0.3) is 0 Å². The van der Waals surface area contributed by atoms with E-state index in [0.29, 0.717) is 13.1 Å². The summed E-state index contributed by atoms with van der Waals surface area (Å²) in [5.74, 6) is -0.877. The van der Waals surface area contributed by atoms with Gasteiger partial charge in [-0.3, -0.25) is 0 Å². The number of carboxylic acids is 1. The Bertz CT molecular complexity index is 500. The number of carboxylic acid groups (broad SMARTS) is 1. The number of carbonyl (C=O) groups excluding carboxylic acids is 1. The van der Waals surface area contributed by atoms with Crippen LogP contribution in [0.5, 0.6) is 0 Å². The molecule has 2 heterocycles. The van der Waals surface area contributed by atoms with Crippen LogP contribution in [-0.4, -0.2) is 46.7 Å². The molecule has 1 aliphatic heterocycles. The maximum absolute atomic E-state index is 11.6. The summed E-state index contributed by atoms with van der Waals surface area (Å²) in [5, 5.41) is 9.62. The minimum absolute atomic E-state index is 0.0920. The molecule has 0 spiro atoms. The first-order valence-electron chi connectivity index (χ1n) is 5.83. The van der Waals surface area contributed by atoms with Gasteiger partial charge in [-0.15, -0.1) is 11.3 Å². The molecule has 7 heteroatoms. The van der Waals surface area contributed by atoms with Gasteiger partial charge in [-0.2, -0.15) is 0 Å². The molecule has 2 rings (SSSR count). The fourth-order valence-electron chi connectivity index (χ4n) is 1.92. The number of rotatable bonds is 4. The minimum atomic E-state index is -0.969. The molecule has 19 heavy (non-hydrogen) atoms. The first-order valence-corrected chi connectivity index (χ1v) is 6.65. The molecule has 0 radical (unpaired) electrons. The van der Waals surface area contributed by atoms with Crippen LogP contribution in [0.3, 0.4) is 0 Å². The van der Waals surface area contributed by atoms with E-state index in [1.165, 1.54) is 12.3 Å². The standard InChI is InChI=1S/C12H14N2O4S/c1-2-5-18-12(17)14-4-3-8(7-14)10-13-6-9(19-10)11(15)16/h2,6,8H,1,3-5,7H2,(H,15,16). The fraction of sp³-hybridized carbons (Fsp3) is 0.417. The van der Waals surface area contributed by atoms with Gasteiger partial charge in [-0.25, -0.2) is 14.6 Å². The average Bonchev–Trinajstić information content (AvgIpc) is 3.03. The van der Waals surface area contributed by atoms with Crippen LogP contribution < -0.4 is 0 Å². The summed E-state index contributed by atoms with van der Waals surface area (Å²) < 4.78 is 4.96. The minimum Gasteiger partial charge on any atom is -0.477 e. The van der Waals surface area contributed by atoms with Crippen molar-refractivity contribution in [3.8, 4) is 0 Å². The molecule has 6 nitrogen and oxygen atoms in total. The van der Waals surface area contributed by atoms with Crippen LogP contribution in [0.2, 0.25) is 0 Å². The second kappa shape index (κ2) is 5.83. The molecule has 1 N–H and O–H groups in total. The number of ether oxygens (including phenoxy) is 1. The van der Waals surface area contributed by atoms with Crippen molar-refractivity contribution in [1.29, 1.82) is 0 Å². The van der Waals surface area contributed by atoms with Gasteiger partial charge in [0, 0.05) is 19.0 Å². The second-order valence-electron chi connectivity index (χ2n) is 4.17. The number of nitrogens with zero attached hydrogens (tertiary/aromatic N) is 2. The third-order valence-corrected chi connectivity index (χ3v) is 4.00. The van der Waals surface area contributed by atoms with Crippen molar-refractivity contribution in [2.45, 2.75) is 12.3 Å². The maximum Gasteiger partial charge on any atom is 0.410 e. The number of hydrogen-bond donors (Lipinski definition) is 1. The molecule has 1 aromatic rings. The monoisotopic (exact) mass is 282 g/mol. The first-order chi connectivity index (χ1) is 9.11. The van der Waals surface area contributed by atoms with Crippen LogP contribution in [0, 0.1) is 0 Å². The van der Waals surface area contributed by atoms with E-state index >= 15 is 0 Å². The molecule has 1 aliphatic rings. The SMILES string of the molecule is C=CCOC(=O)N1CCC(c2ncc(C(=O)O)s2)C1. The number of aromatic carboxylic acids is 1. The predicted molar refractivity (Wildman–Crippen MR) is 69.5 cm³/mol. The van der Waals surface area contributed by atoms with Crippen LogP contribution in [0.1, 0.15) is 27.0 Å². The lowest BCUT2D eigenvalue weighted by Gasteiger charge is -2.14. The number of aromatic nitrogens is 1. The summed E-state index contributed by atoms with van der Waals surface area (Å²) in [6.45, 7) is 4.79. The fourth-order valence-corrected chi connectivity index (χ4v) is 2.81. The number of thiazole rings is 1. The maximum atomic E-state index is 11.6. The molecule has 1 unspecified atom stereocenters. The van der Waals surface area contributed by atoms with E-state index in [0.717, 1.165) is 22.8 Å². The van der Waals surface area contributed by atoms with Crippen molar-refractivity contribution in [2.75, 3.05) is 19.7 Å². The van der Waals surface area contributed by atoms with Crippen LogP contribution in [0.4, 0.5) is 4.79 Å². The van der Waals surface area contributed by atoms with Crippen molar-refractivity contribution in [2.24, 2.45) is 0 Å². The van der Waals surface area contributed by atoms with Gasteiger partial charge < -0.3 is 14.7 Å². The van der Waals surface area contributed by atoms with Crippen molar-refractivity contribution < 1.29 is 19.4 Å². The summed E-state index contributed by atoms with van der Waals surface area (Å²) in [7, 11) is 0. The lowest BCUT2D eigenvalue weighted by atomic mass is 10.1.